The molecule has 1 aromatic carbocycles. The summed E-state index contributed by atoms with van der Waals surface area (Å²) >= 11 is 0. The van der Waals surface area contributed by atoms with Gasteiger partial charge in [-0.3, -0.25) is 9.89 Å². The summed E-state index contributed by atoms with van der Waals surface area (Å²) in [5, 5.41) is 6.92. The molecule has 7 heteroatoms. The topological polar surface area (TPSA) is 71.3 Å². The molecule has 0 radical (unpaired) electrons. The monoisotopic (exact) mass is 428 g/mol. The standard InChI is InChI=1S/C24H36N4O3/c1-25-24(26-13-6-15-30-18-22-8-5-16-31-22)27-17-20-7-4-14-28(2)23(20)19-9-11-21(29-3)12-10-19/h5,8-12,16,20,23H,4,6-7,13-15,17-18H2,1-3H3,(H2,25,26,27). The van der Waals surface area contributed by atoms with Gasteiger partial charge >= 0.3 is 0 Å². The van der Waals surface area contributed by atoms with Crippen LogP contribution in [-0.4, -0.2) is 58.3 Å². The Hall–Kier alpha value is -2.51. The van der Waals surface area contributed by atoms with Gasteiger partial charge in [-0.15, -0.1) is 0 Å². The van der Waals surface area contributed by atoms with Crippen LogP contribution in [0.5, 0.6) is 5.75 Å². The molecule has 2 N–H and O–H groups in total. The zero-order valence-electron chi connectivity index (χ0n) is 19.0. The molecule has 0 bridgehead atoms. The predicted octanol–water partition coefficient (Wildman–Crippen LogP) is 3.44. The largest absolute Gasteiger partial charge is 0.497 e. The highest BCUT2D eigenvalue weighted by Gasteiger charge is 2.30. The lowest BCUT2D eigenvalue weighted by atomic mass is 9.85. The molecule has 2 atom stereocenters. The molecule has 2 aromatic rings. The molecule has 0 spiro atoms. The van der Waals surface area contributed by atoms with Crippen LogP contribution in [0.1, 0.15) is 36.6 Å². The van der Waals surface area contributed by atoms with Gasteiger partial charge in [-0.2, -0.15) is 0 Å². The Morgan fingerprint density at radius 2 is 2.06 bits per heavy atom. The molecule has 0 saturated carbocycles. The lowest BCUT2D eigenvalue weighted by molar-refractivity contribution is 0.105. The summed E-state index contributed by atoms with van der Waals surface area (Å²) in [5.41, 5.74) is 1.34. The van der Waals surface area contributed by atoms with Crippen molar-refractivity contribution in [2.75, 3.05) is 47.4 Å². The Labute approximate surface area is 185 Å². The fourth-order valence-corrected chi connectivity index (χ4v) is 4.20. The number of hydrogen-bond donors (Lipinski definition) is 2. The van der Waals surface area contributed by atoms with Crippen molar-refractivity contribution in [2.24, 2.45) is 10.9 Å². The molecule has 2 unspecified atom stereocenters. The number of nitrogens with zero attached hydrogens (tertiary/aromatic N) is 2. The van der Waals surface area contributed by atoms with Crippen LogP contribution in [0.4, 0.5) is 0 Å². The van der Waals surface area contributed by atoms with E-state index in [2.05, 4.69) is 51.8 Å². The van der Waals surface area contributed by atoms with Crippen molar-refractivity contribution >= 4 is 5.96 Å². The number of benzene rings is 1. The van der Waals surface area contributed by atoms with Crippen LogP contribution in [0.3, 0.4) is 0 Å². The van der Waals surface area contributed by atoms with E-state index in [9.17, 15) is 0 Å². The number of likely N-dealkylation sites (tertiary alicyclic amines) is 1. The Bertz CT molecular complexity index is 777. The minimum Gasteiger partial charge on any atom is -0.497 e. The molecule has 1 aromatic heterocycles. The normalized spacial score (nSPS) is 19.9. The zero-order valence-corrected chi connectivity index (χ0v) is 19.0. The van der Waals surface area contributed by atoms with Gasteiger partial charge in [-0.1, -0.05) is 12.1 Å². The molecule has 0 aliphatic carbocycles. The number of nitrogens with one attached hydrogen (secondary N) is 2. The van der Waals surface area contributed by atoms with Crippen LogP contribution in [-0.2, 0) is 11.3 Å². The molecular formula is C24H36N4O3. The number of aliphatic imine (C=N–C) groups is 1. The van der Waals surface area contributed by atoms with E-state index in [-0.39, 0.29) is 0 Å². The number of guanidine groups is 1. The van der Waals surface area contributed by atoms with Gasteiger partial charge in [-0.25, -0.2) is 0 Å². The van der Waals surface area contributed by atoms with Gasteiger partial charge in [-0.05, 0) is 68.6 Å². The number of hydrogen-bond acceptors (Lipinski definition) is 5. The summed E-state index contributed by atoms with van der Waals surface area (Å²) in [7, 11) is 5.74. The lowest BCUT2D eigenvalue weighted by Crippen LogP contribution is -2.45. The van der Waals surface area contributed by atoms with Crippen molar-refractivity contribution in [2.45, 2.75) is 31.9 Å². The molecule has 1 aliphatic heterocycles. The number of rotatable bonds is 10. The molecule has 1 fully saturated rings. The van der Waals surface area contributed by atoms with E-state index in [0.29, 0.717) is 25.2 Å². The van der Waals surface area contributed by atoms with Crippen molar-refractivity contribution in [1.82, 2.24) is 15.5 Å². The molecule has 2 heterocycles. The predicted molar refractivity (Wildman–Crippen MR) is 123 cm³/mol. The van der Waals surface area contributed by atoms with Gasteiger partial charge in [0.15, 0.2) is 5.96 Å². The molecule has 170 valence electrons. The van der Waals surface area contributed by atoms with Crippen molar-refractivity contribution in [3.63, 3.8) is 0 Å². The maximum Gasteiger partial charge on any atom is 0.190 e. The number of ether oxygens (including phenoxy) is 2. The minimum absolute atomic E-state index is 0.389. The highest BCUT2D eigenvalue weighted by atomic mass is 16.5. The molecule has 1 saturated heterocycles. The zero-order chi connectivity index (χ0) is 21.9. The van der Waals surface area contributed by atoms with Gasteiger partial charge in [0.25, 0.3) is 0 Å². The highest BCUT2D eigenvalue weighted by molar-refractivity contribution is 5.79. The number of methoxy groups -OCH3 is 1. The number of piperidine rings is 1. The first kappa shape index (κ1) is 23.2. The molecule has 31 heavy (non-hydrogen) atoms. The van der Waals surface area contributed by atoms with E-state index in [1.54, 1.807) is 13.4 Å². The fourth-order valence-electron chi connectivity index (χ4n) is 4.20. The second-order valence-electron chi connectivity index (χ2n) is 7.97. The summed E-state index contributed by atoms with van der Waals surface area (Å²) in [6, 6.07) is 12.7. The van der Waals surface area contributed by atoms with Crippen molar-refractivity contribution in [1.29, 1.82) is 0 Å². The maximum atomic E-state index is 5.63. The third kappa shape index (κ3) is 7.01. The van der Waals surface area contributed by atoms with Crippen LogP contribution in [0, 0.1) is 5.92 Å². The fraction of sp³-hybridized carbons (Fsp3) is 0.542. The van der Waals surface area contributed by atoms with Gasteiger partial charge in [0.1, 0.15) is 18.1 Å². The van der Waals surface area contributed by atoms with E-state index in [4.69, 9.17) is 13.9 Å². The molecular weight excluding hydrogens is 392 g/mol. The van der Waals surface area contributed by atoms with E-state index in [0.717, 1.165) is 43.5 Å². The summed E-state index contributed by atoms with van der Waals surface area (Å²) in [6.45, 7) is 4.01. The maximum absolute atomic E-state index is 5.63. The Kier molecular flexibility index (Phi) is 9.24. The summed E-state index contributed by atoms with van der Waals surface area (Å²) < 4.78 is 16.2. The third-order valence-corrected chi connectivity index (χ3v) is 5.80. The summed E-state index contributed by atoms with van der Waals surface area (Å²) in [4.78, 5) is 6.84. The van der Waals surface area contributed by atoms with Crippen molar-refractivity contribution in [3.05, 3.63) is 54.0 Å². The van der Waals surface area contributed by atoms with Gasteiger partial charge in [0.2, 0.25) is 0 Å². The molecule has 1 aliphatic rings. The van der Waals surface area contributed by atoms with E-state index < -0.39 is 0 Å². The van der Waals surface area contributed by atoms with E-state index in [1.807, 2.05) is 19.2 Å². The van der Waals surface area contributed by atoms with Gasteiger partial charge in [0, 0.05) is 32.8 Å². The average molecular weight is 429 g/mol. The summed E-state index contributed by atoms with van der Waals surface area (Å²) in [5.74, 6) is 3.11. The first-order valence-electron chi connectivity index (χ1n) is 11.1. The second-order valence-corrected chi connectivity index (χ2v) is 7.97. The van der Waals surface area contributed by atoms with Gasteiger partial charge < -0.3 is 24.5 Å². The Morgan fingerprint density at radius 3 is 2.77 bits per heavy atom. The number of furan rings is 1. The SMILES string of the molecule is CN=C(NCCCOCc1ccco1)NCC1CCCN(C)C1c1ccc(OC)cc1. The molecule has 0 amide bonds. The van der Waals surface area contributed by atoms with Crippen LogP contribution in [0.25, 0.3) is 0 Å². The average Bonchev–Trinajstić information content (AvgIpc) is 3.32. The van der Waals surface area contributed by atoms with Crippen molar-refractivity contribution in [3.8, 4) is 5.75 Å². The van der Waals surface area contributed by atoms with Crippen LogP contribution in [0.15, 0.2) is 52.1 Å². The minimum atomic E-state index is 0.389. The van der Waals surface area contributed by atoms with Crippen LogP contribution < -0.4 is 15.4 Å². The lowest BCUT2D eigenvalue weighted by Gasteiger charge is -2.40. The van der Waals surface area contributed by atoms with E-state index in [1.165, 1.54) is 18.4 Å². The second kappa shape index (κ2) is 12.4. The smallest absolute Gasteiger partial charge is 0.190 e. The quantitative estimate of drug-likeness (QED) is 0.343. The van der Waals surface area contributed by atoms with Crippen LogP contribution >= 0.6 is 0 Å². The van der Waals surface area contributed by atoms with Crippen LogP contribution in [0.2, 0.25) is 0 Å². The molecule has 3 rings (SSSR count). The first-order chi connectivity index (χ1) is 15.2. The van der Waals surface area contributed by atoms with Crippen molar-refractivity contribution < 1.29 is 13.9 Å². The summed E-state index contributed by atoms with van der Waals surface area (Å²) in [6.07, 6.45) is 4.99. The molecule has 7 nitrogen and oxygen atoms in total. The Balaban J connectivity index is 1.43. The Morgan fingerprint density at radius 1 is 1.23 bits per heavy atom. The highest BCUT2D eigenvalue weighted by Crippen LogP contribution is 2.35. The third-order valence-electron chi connectivity index (χ3n) is 5.80. The van der Waals surface area contributed by atoms with Gasteiger partial charge in [0.05, 0.1) is 13.4 Å². The first-order valence-corrected chi connectivity index (χ1v) is 11.1. The van der Waals surface area contributed by atoms with E-state index >= 15 is 0 Å².